The van der Waals surface area contributed by atoms with E-state index >= 15 is 0 Å². The second-order valence-corrected chi connectivity index (χ2v) is 8.47. The van der Waals surface area contributed by atoms with Crippen molar-refractivity contribution in [2.45, 2.75) is 0 Å². The molecule has 33 heavy (non-hydrogen) atoms. The summed E-state index contributed by atoms with van der Waals surface area (Å²) in [5, 5.41) is 1.45. The van der Waals surface area contributed by atoms with E-state index in [4.69, 9.17) is 44.5 Å². The molecule has 1 N–H and O–H groups in total. The number of imidazole rings is 1. The van der Waals surface area contributed by atoms with Gasteiger partial charge in [-0.15, -0.1) is 0 Å². The zero-order valence-corrected chi connectivity index (χ0v) is 19.4. The number of halogens is 3. The van der Waals surface area contributed by atoms with Crippen LogP contribution in [0.15, 0.2) is 71.5 Å². The molecular formula is C24H15Cl3N4O2. The first kappa shape index (κ1) is 21.5. The summed E-state index contributed by atoms with van der Waals surface area (Å²) in [6.07, 6.45) is 0. The molecular weight excluding hydrogens is 483 g/mol. The third-order valence-corrected chi connectivity index (χ3v) is 5.92. The lowest BCUT2D eigenvalue weighted by molar-refractivity contribution is 0.414. The normalized spacial score (nSPS) is 11.2. The van der Waals surface area contributed by atoms with Crippen LogP contribution in [0.3, 0.4) is 0 Å². The fourth-order valence-electron chi connectivity index (χ4n) is 3.56. The molecule has 6 nitrogen and oxygen atoms in total. The summed E-state index contributed by atoms with van der Waals surface area (Å²) in [4.78, 5) is 25.2. The minimum Gasteiger partial charge on any atom is -0.497 e. The second-order valence-electron chi connectivity index (χ2n) is 7.19. The largest absolute Gasteiger partial charge is 0.497 e. The fraction of sp³-hybridized carbons (Fsp3) is 0.0417. The molecule has 0 fully saturated rings. The Kier molecular flexibility index (Phi) is 5.58. The topological polar surface area (TPSA) is 72.8 Å². The summed E-state index contributed by atoms with van der Waals surface area (Å²) >= 11 is 18.5. The third-order valence-electron chi connectivity index (χ3n) is 5.12. The molecule has 0 aliphatic rings. The standard InChI is InChI=1S/C24H15Cl3N4O2/c1-33-17-4-2-3-16(12-17)31-22(13-5-7-14(25)8-6-13)28-20-23(31)29-21(30-24(20)32)18-10-9-15(26)11-19(18)27/h2-12H,1H3,(H,29,30,32). The Hall–Kier alpha value is -3.32. The molecule has 0 saturated carbocycles. The van der Waals surface area contributed by atoms with E-state index in [1.54, 1.807) is 37.4 Å². The zero-order chi connectivity index (χ0) is 23.1. The summed E-state index contributed by atoms with van der Waals surface area (Å²) < 4.78 is 7.21. The lowest BCUT2D eigenvalue weighted by atomic mass is 10.2. The molecule has 3 aromatic carbocycles. The molecule has 0 aliphatic heterocycles. The molecule has 164 valence electrons. The SMILES string of the molecule is COc1cccc(-n2c(-c3ccc(Cl)cc3)nc3c(=O)[nH]c(-c4ccc(Cl)cc4Cl)nc32)c1. The number of aromatic nitrogens is 4. The number of nitrogens with one attached hydrogen (secondary N) is 1. The smallest absolute Gasteiger partial charge is 0.279 e. The Morgan fingerprint density at radius 3 is 2.39 bits per heavy atom. The van der Waals surface area contributed by atoms with Crippen molar-refractivity contribution in [1.29, 1.82) is 0 Å². The van der Waals surface area contributed by atoms with Gasteiger partial charge in [-0.3, -0.25) is 9.36 Å². The number of ether oxygens (including phenoxy) is 1. The monoisotopic (exact) mass is 496 g/mol. The summed E-state index contributed by atoms with van der Waals surface area (Å²) in [7, 11) is 1.59. The summed E-state index contributed by atoms with van der Waals surface area (Å²) in [6, 6.07) is 19.6. The van der Waals surface area contributed by atoms with Gasteiger partial charge in [-0.2, -0.15) is 0 Å². The third kappa shape index (κ3) is 3.97. The Bertz CT molecular complexity index is 1560. The first-order valence-electron chi connectivity index (χ1n) is 9.83. The Morgan fingerprint density at radius 2 is 1.67 bits per heavy atom. The van der Waals surface area contributed by atoms with E-state index in [0.717, 1.165) is 11.3 Å². The molecule has 2 aromatic heterocycles. The van der Waals surface area contributed by atoms with Crippen LogP contribution in [0.5, 0.6) is 5.75 Å². The summed E-state index contributed by atoms with van der Waals surface area (Å²) in [5.74, 6) is 1.50. The van der Waals surface area contributed by atoms with Crippen LogP contribution in [-0.4, -0.2) is 26.6 Å². The van der Waals surface area contributed by atoms with Gasteiger partial charge in [-0.1, -0.05) is 40.9 Å². The highest BCUT2D eigenvalue weighted by Crippen LogP contribution is 2.32. The predicted molar refractivity (Wildman–Crippen MR) is 132 cm³/mol. The van der Waals surface area contributed by atoms with Crippen LogP contribution in [0.1, 0.15) is 0 Å². The average molecular weight is 498 g/mol. The minimum atomic E-state index is -0.391. The maximum atomic E-state index is 13.1. The van der Waals surface area contributed by atoms with Crippen LogP contribution in [0.25, 0.3) is 39.6 Å². The van der Waals surface area contributed by atoms with E-state index in [2.05, 4.69) is 9.97 Å². The summed E-state index contributed by atoms with van der Waals surface area (Å²) in [5.41, 5.74) is 2.22. The molecule has 0 aliphatic carbocycles. The number of fused-ring (bicyclic) bond motifs is 1. The van der Waals surface area contributed by atoms with Gasteiger partial charge in [0.15, 0.2) is 11.2 Å². The van der Waals surface area contributed by atoms with Crippen LogP contribution in [0.2, 0.25) is 15.1 Å². The van der Waals surface area contributed by atoms with E-state index in [0.29, 0.717) is 43.7 Å². The number of benzene rings is 3. The fourth-order valence-corrected chi connectivity index (χ4v) is 4.19. The number of methoxy groups -OCH3 is 1. The highest BCUT2D eigenvalue weighted by atomic mass is 35.5. The van der Waals surface area contributed by atoms with Gasteiger partial charge >= 0.3 is 0 Å². The van der Waals surface area contributed by atoms with Crippen molar-refractivity contribution >= 4 is 46.0 Å². The van der Waals surface area contributed by atoms with E-state index in [1.165, 1.54) is 0 Å². The molecule has 2 heterocycles. The maximum absolute atomic E-state index is 13.1. The Morgan fingerprint density at radius 1 is 0.909 bits per heavy atom. The first-order valence-corrected chi connectivity index (χ1v) is 11.0. The highest BCUT2D eigenvalue weighted by molar-refractivity contribution is 6.36. The molecule has 0 atom stereocenters. The Balaban J connectivity index is 1.84. The van der Waals surface area contributed by atoms with Crippen molar-refractivity contribution in [3.05, 3.63) is 92.2 Å². The van der Waals surface area contributed by atoms with Crippen LogP contribution < -0.4 is 10.3 Å². The average Bonchev–Trinajstić information content (AvgIpc) is 3.19. The van der Waals surface area contributed by atoms with E-state index in [9.17, 15) is 4.79 Å². The Labute approximate surface area is 203 Å². The molecule has 5 aromatic rings. The van der Waals surface area contributed by atoms with Crippen LogP contribution in [0.4, 0.5) is 0 Å². The number of hydrogen-bond acceptors (Lipinski definition) is 4. The van der Waals surface area contributed by atoms with Gasteiger partial charge in [0.2, 0.25) is 0 Å². The molecule has 9 heteroatoms. The molecule has 0 amide bonds. The number of H-pyrrole nitrogens is 1. The number of rotatable bonds is 4. The van der Waals surface area contributed by atoms with E-state index < -0.39 is 5.56 Å². The van der Waals surface area contributed by atoms with Gasteiger partial charge in [0, 0.05) is 27.2 Å². The van der Waals surface area contributed by atoms with Gasteiger partial charge in [-0.25, -0.2) is 9.97 Å². The van der Waals surface area contributed by atoms with Crippen molar-refractivity contribution in [2.24, 2.45) is 0 Å². The van der Waals surface area contributed by atoms with Crippen molar-refractivity contribution in [1.82, 2.24) is 19.5 Å². The van der Waals surface area contributed by atoms with Gasteiger partial charge in [0.1, 0.15) is 17.4 Å². The van der Waals surface area contributed by atoms with Crippen molar-refractivity contribution in [2.75, 3.05) is 7.11 Å². The minimum absolute atomic E-state index is 0.191. The molecule has 0 unspecified atom stereocenters. The van der Waals surface area contributed by atoms with Crippen LogP contribution in [0, 0.1) is 0 Å². The van der Waals surface area contributed by atoms with Gasteiger partial charge in [0.25, 0.3) is 5.56 Å². The first-order chi connectivity index (χ1) is 15.9. The van der Waals surface area contributed by atoms with Crippen molar-refractivity contribution < 1.29 is 4.74 Å². The number of hydrogen-bond donors (Lipinski definition) is 1. The number of aromatic amines is 1. The molecule has 0 bridgehead atoms. The van der Waals surface area contributed by atoms with Crippen molar-refractivity contribution in [3.63, 3.8) is 0 Å². The van der Waals surface area contributed by atoms with Crippen LogP contribution in [-0.2, 0) is 0 Å². The lowest BCUT2D eigenvalue weighted by Gasteiger charge is -2.11. The number of nitrogens with zero attached hydrogens (tertiary/aromatic N) is 3. The zero-order valence-electron chi connectivity index (χ0n) is 17.1. The molecule has 5 rings (SSSR count). The van der Waals surface area contributed by atoms with E-state index in [1.807, 2.05) is 41.0 Å². The van der Waals surface area contributed by atoms with Gasteiger partial charge in [-0.05, 0) is 54.6 Å². The quantitative estimate of drug-likeness (QED) is 0.311. The van der Waals surface area contributed by atoms with Gasteiger partial charge in [0.05, 0.1) is 17.8 Å². The predicted octanol–water partition coefficient (Wildman–Crippen LogP) is 6.41. The molecule has 0 saturated heterocycles. The van der Waals surface area contributed by atoms with Crippen molar-refractivity contribution in [3.8, 4) is 34.2 Å². The highest BCUT2D eigenvalue weighted by Gasteiger charge is 2.20. The molecule has 0 radical (unpaired) electrons. The van der Waals surface area contributed by atoms with E-state index in [-0.39, 0.29) is 5.52 Å². The lowest BCUT2D eigenvalue weighted by Crippen LogP contribution is -2.10. The van der Waals surface area contributed by atoms with Gasteiger partial charge < -0.3 is 9.72 Å². The maximum Gasteiger partial charge on any atom is 0.279 e. The van der Waals surface area contributed by atoms with Crippen LogP contribution >= 0.6 is 34.8 Å². The summed E-state index contributed by atoms with van der Waals surface area (Å²) in [6.45, 7) is 0. The molecule has 0 spiro atoms. The second kappa shape index (κ2) is 8.56.